The first kappa shape index (κ1) is 22.5. The zero-order valence-electron chi connectivity index (χ0n) is 13.4. The van der Waals surface area contributed by atoms with Gasteiger partial charge in [0.25, 0.3) is 0 Å². The summed E-state index contributed by atoms with van der Waals surface area (Å²) >= 11 is 0.924. The molecular formula is C13H16F5IN6S. The zero-order chi connectivity index (χ0) is 18.4. The summed E-state index contributed by atoms with van der Waals surface area (Å²) in [7, 11) is 1.49. The van der Waals surface area contributed by atoms with E-state index in [9.17, 15) is 22.0 Å². The molecule has 0 aliphatic heterocycles. The molecule has 0 aromatic carbocycles. The van der Waals surface area contributed by atoms with Crippen LogP contribution in [0.1, 0.15) is 23.1 Å². The molecule has 2 heterocycles. The molecule has 146 valence electrons. The van der Waals surface area contributed by atoms with Crippen LogP contribution in [0.15, 0.2) is 22.8 Å². The molecule has 0 aliphatic rings. The largest absolute Gasteiger partial charge is 0.434 e. The van der Waals surface area contributed by atoms with E-state index in [4.69, 9.17) is 0 Å². The van der Waals surface area contributed by atoms with E-state index in [2.05, 4.69) is 25.6 Å². The molecule has 26 heavy (non-hydrogen) atoms. The first-order valence-electron chi connectivity index (χ1n) is 7.07. The number of nitrogens with zero attached hydrogens (tertiary/aromatic N) is 4. The minimum Gasteiger partial charge on any atom is -0.356 e. The number of aliphatic imine (C=N–C) groups is 1. The third kappa shape index (κ3) is 6.34. The molecule has 2 aromatic rings. The molecule has 2 N–H and O–H groups in total. The van der Waals surface area contributed by atoms with E-state index in [-0.39, 0.29) is 49.3 Å². The van der Waals surface area contributed by atoms with Gasteiger partial charge < -0.3 is 10.6 Å². The Labute approximate surface area is 167 Å². The normalized spacial score (nSPS) is 12.2. The van der Waals surface area contributed by atoms with Crippen molar-refractivity contribution in [3.8, 4) is 0 Å². The van der Waals surface area contributed by atoms with Crippen molar-refractivity contribution < 1.29 is 22.0 Å². The fraction of sp³-hybridized carbons (Fsp3) is 0.462. The van der Waals surface area contributed by atoms with Crippen LogP contribution < -0.4 is 10.6 Å². The Morgan fingerprint density at radius 3 is 2.65 bits per heavy atom. The minimum absolute atomic E-state index is 0. The van der Waals surface area contributed by atoms with Crippen molar-refractivity contribution in [3.05, 3.63) is 34.3 Å². The highest BCUT2D eigenvalue weighted by molar-refractivity contribution is 14.0. The highest BCUT2D eigenvalue weighted by Gasteiger charge is 2.33. The van der Waals surface area contributed by atoms with Gasteiger partial charge in [-0.2, -0.15) is 22.0 Å². The van der Waals surface area contributed by atoms with Crippen molar-refractivity contribution in [2.24, 2.45) is 4.99 Å². The van der Waals surface area contributed by atoms with Crippen molar-refractivity contribution in [2.45, 2.75) is 25.7 Å². The van der Waals surface area contributed by atoms with Crippen LogP contribution in [0.4, 0.5) is 22.0 Å². The molecule has 0 atom stereocenters. The van der Waals surface area contributed by atoms with Crippen LogP contribution in [-0.4, -0.2) is 34.1 Å². The number of alkyl halides is 5. The molecule has 0 spiro atoms. The fourth-order valence-electron chi connectivity index (χ4n) is 1.89. The lowest BCUT2D eigenvalue weighted by atomic mass is 10.4. The second kappa shape index (κ2) is 9.99. The molecular weight excluding hydrogens is 494 g/mol. The van der Waals surface area contributed by atoms with Crippen molar-refractivity contribution in [3.63, 3.8) is 0 Å². The van der Waals surface area contributed by atoms with Crippen molar-refractivity contribution in [1.29, 1.82) is 0 Å². The summed E-state index contributed by atoms with van der Waals surface area (Å²) in [5.41, 5.74) is -0.908. The summed E-state index contributed by atoms with van der Waals surface area (Å²) < 4.78 is 63.5. The maximum absolute atomic E-state index is 12.7. The molecule has 0 fully saturated rings. The first-order chi connectivity index (χ1) is 11.8. The molecule has 0 radical (unpaired) electrons. The lowest BCUT2D eigenvalue weighted by Crippen LogP contribution is -2.38. The number of nitrogens with one attached hydrogen (secondary N) is 2. The molecule has 2 aromatic heterocycles. The van der Waals surface area contributed by atoms with Crippen LogP contribution in [0, 0.1) is 0 Å². The number of imidazole rings is 1. The van der Waals surface area contributed by atoms with Crippen LogP contribution in [0.5, 0.6) is 0 Å². The zero-order valence-corrected chi connectivity index (χ0v) is 16.6. The van der Waals surface area contributed by atoms with Crippen molar-refractivity contribution in [2.75, 3.05) is 13.6 Å². The van der Waals surface area contributed by atoms with Gasteiger partial charge in [0.2, 0.25) is 0 Å². The number of hydrogen-bond acceptors (Lipinski definition) is 4. The number of rotatable bonds is 6. The number of hydrogen-bond donors (Lipinski definition) is 2. The third-order valence-corrected chi connectivity index (χ3v) is 3.98. The van der Waals surface area contributed by atoms with Gasteiger partial charge in [0.15, 0.2) is 11.7 Å². The quantitative estimate of drug-likeness (QED) is 0.271. The summed E-state index contributed by atoms with van der Waals surface area (Å²) in [6.07, 6.45) is -1.75. The number of halogens is 6. The second-order valence-electron chi connectivity index (χ2n) is 4.76. The van der Waals surface area contributed by atoms with Crippen molar-refractivity contribution in [1.82, 2.24) is 25.2 Å². The summed E-state index contributed by atoms with van der Waals surface area (Å²) in [5, 5.41) is 6.99. The average Bonchev–Trinajstić information content (AvgIpc) is 3.19. The highest BCUT2D eigenvalue weighted by atomic mass is 127. The van der Waals surface area contributed by atoms with Crippen molar-refractivity contribution >= 4 is 41.3 Å². The van der Waals surface area contributed by atoms with Gasteiger partial charge in [-0.3, -0.25) is 9.56 Å². The predicted molar refractivity (Wildman–Crippen MR) is 97.9 cm³/mol. The predicted octanol–water partition coefficient (Wildman–Crippen LogP) is 3.28. The Morgan fingerprint density at radius 2 is 2.08 bits per heavy atom. The van der Waals surface area contributed by atoms with Crippen LogP contribution in [0.3, 0.4) is 0 Å². The van der Waals surface area contributed by atoms with Crippen LogP contribution in [0.2, 0.25) is 0 Å². The summed E-state index contributed by atoms with van der Waals surface area (Å²) in [6, 6.07) is 0. The van der Waals surface area contributed by atoms with E-state index in [0.29, 0.717) is 15.5 Å². The summed E-state index contributed by atoms with van der Waals surface area (Å²) in [5.74, 6) is 0.448. The Bertz CT molecular complexity index is 714. The van der Waals surface area contributed by atoms with E-state index < -0.39 is 18.4 Å². The fourth-order valence-corrected chi connectivity index (χ4v) is 2.69. The van der Waals surface area contributed by atoms with Gasteiger partial charge in [-0.15, -0.1) is 35.3 Å². The molecule has 0 unspecified atom stereocenters. The molecule has 0 aliphatic carbocycles. The molecule has 13 heteroatoms. The van der Waals surface area contributed by atoms with Gasteiger partial charge in [-0.1, -0.05) is 0 Å². The average molecular weight is 510 g/mol. The first-order valence-corrected chi connectivity index (χ1v) is 7.95. The van der Waals surface area contributed by atoms with E-state index in [1.165, 1.54) is 19.4 Å². The third-order valence-electron chi connectivity index (χ3n) is 3.07. The SMILES string of the molecule is CN=C(NCCc1nc(C(F)(F)F)cs1)NCc1nccn1C(F)F.I. The molecule has 0 amide bonds. The monoisotopic (exact) mass is 510 g/mol. The molecule has 6 nitrogen and oxygen atoms in total. The topological polar surface area (TPSA) is 67.1 Å². The minimum atomic E-state index is -4.45. The van der Waals surface area contributed by atoms with Crippen LogP contribution >= 0.6 is 35.3 Å². The smallest absolute Gasteiger partial charge is 0.356 e. The Hall–Kier alpha value is -1.51. The number of thiazole rings is 1. The summed E-state index contributed by atoms with van der Waals surface area (Å²) in [6.45, 7) is -2.39. The number of guanidine groups is 1. The Balaban J connectivity index is 0.00000338. The van der Waals surface area contributed by atoms with E-state index in [1.807, 2.05) is 0 Å². The maximum atomic E-state index is 12.7. The molecule has 0 saturated carbocycles. The van der Waals surface area contributed by atoms with Gasteiger partial charge in [-0.25, -0.2) is 9.97 Å². The van der Waals surface area contributed by atoms with Gasteiger partial charge >= 0.3 is 12.7 Å². The number of aromatic nitrogens is 3. The lowest BCUT2D eigenvalue weighted by molar-refractivity contribution is -0.140. The molecule has 0 bridgehead atoms. The summed E-state index contributed by atoms with van der Waals surface area (Å²) in [4.78, 5) is 11.2. The van der Waals surface area contributed by atoms with Gasteiger partial charge in [0.1, 0.15) is 5.82 Å². The maximum Gasteiger partial charge on any atom is 0.434 e. The van der Waals surface area contributed by atoms with Crippen LogP contribution in [0.25, 0.3) is 0 Å². The Kier molecular flexibility index (Phi) is 8.66. The van der Waals surface area contributed by atoms with Crippen LogP contribution in [-0.2, 0) is 19.1 Å². The lowest BCUT2D eigenvalue weighted by Gasteiger charge is -2.12. The Morgan fingerprint density at radius 1 is 1.35 bits per heavy atom. The van der Waals surface area contributed by atoms with E-state index in [1.54, 1.807) is 0 Å². The van der Waals surface area contributed by atoms with Gasteiger partial charge in [0, 0.05) is 37.8 Å². The van der Waals surface area contributed by atoms with E-state index in [0.717, 1.165) is 16.7 Å². The standard InChI is InChI=1S/C13H15F5N6S.HI/c1-19-12(22-6-9-20-4-5-24(9)11(14)15)21-3-2-10-23-8(7-25-10)13(16,17)18;/h4-5,7,11H,2-3,6H2,1H3,(H2,19,21,22);1H. The van der Waals surface area contributed by atoms with Gasteiger partial charge in [-0.05, 0) is 0 Å². The molecule has 0 saturated heterocycles. The second-order valence-corrected chi connectivity index (χ2v) is 5.70. The van der Waals surface area contributed by atoms with E-state index >= 15 is 0 Å². The molecule has 2 rings (SSSR count). The van der Waals surface area contributed by atoms with Gasteiger partial charge in [0.05, 0.1) is 11.6 Å². The highest BCUT2D eigenvalue weighted by Crippen LogP contribution is 2.29.